The first kappa shape index (κ1) is 19.4. The van der Waals surface area contributed by atoms with Crippen LogP contribution in [0.2, 0.25) is 0 Å². The van der Waals surface area contributed by atoms with E-state index in [9.17, 15) is 9.59 Å². The number of benzene rings is 2. The zero-order valence-electron chi connectivity index (χ0n) is 14.9. The van der Waals surface area contributed by atoms with Crippen molar-refractivity contribution in [2.45, 2.75) is 25.3 Å². The average molecular weight is 386 g/mol. The number of hydrogen-bond acceptors (Lipinski definition) is 3. The van der Waals surface area contributed by atoms with Crippen LogP contribution in [0, 0.1) is 17.8 Å². The van der Waals surface area contributed by atoms with Crippen LogP contribution in [0.1, 0.15) is 29.6 Å². The molecule has 2 aliphatic carbocycles. The highest BCUT2D eigenvalue weighted by atomic mass is 35.5. The second kappa shape index (κ2) is 8.11. The van der Waals surface area contributed by atoms with Gasteiger partial charge in [-0.3, -0.25) is 9.59 Å². The van der Waals surface area contributed by atoms with E-state index < -0.39 is 0 Å². The number of carbonyl (C=O) groups is 2. The second-order valence-electron chi connectivity index (χ2n) is 7.33. The molecule has 2 amide bonds. The molecule has 0 saturated heterocycles. The van der Waals surface area contributed by atoms with E-state index in [1.807, 2.05) is 30.3 Å². The molecule has 2 bridgehead atoms. The lowest BCUT2D eigenvalue weighted by Crippen LogP contribution is -2.42. The van der Waals surface area contributed by atoms with Crippen molar-refractivity contribution in [1.82, 2.24) is 0 Å². The van der Waals surface area contributed by atoms with Gasteiger partial charge in [0.2, 0.25) is 5.91 Å². The van der Waals surface area contributed by atoms with Gasteiger partial charge in [-0.2, -0.15) is 0 Å². The molecule has 0 aliphatic heterocycles. The molecule has 0 radical (unpaired) electrons. The highest BCUT2D eigenvalue weighted by Gasteiger charge is 2.49. The summed E-state index contributed by atoms with van der Waals surface area (Å²) < 4.78 is 0. The number of halogens is 1. The van der Waals surface area contributed by atoms with Crippen molar-refractivity contribution in [3.8, 4) is 0 Å². The lowest BCUT2D eigenvalue weighted by atomic mass is 9.84. The van der Waals surface area contributed by atoms with Gasteiger partial charge >= 0.3 is 0 Å². The fourth-order valence-corrected chi connectivity index (χ4v) is 4.42. The predicted molar refractivity (Wildman–Crippen MR) is 109 cm³/mol. The Morgan fingerprint density at radius 3 is 2.22 bits per heavy atom. The van der Waals surface area contributed by atoms with Crippen molar-refractivity contribution in [2.75, 3.05) is 10.6 Å². The molecule has 2 aromatic rings. The van der Waals surface area contributed by atoms with Crippen molar-refractivity contribution in [2.24, 2.45) is 23.5 Å². The quantitative estimate of drug-likeness (QED) is 0.750. The van der Waals surface area contributed by atoms with E-state index in [1.54, 1.807) is 24.3 Å². The Balaban J connectivity index is 0.00000210. The summed E-state index contributed by atoms with van der Waals surface area (Å²) in [6.45, 7) is 0. The van der Waals surface area contributed by atoms with Crippen LogP contribution in [0.25, 0.3) is 0 Å². The van der Waals surface area contributed by atoms with Crippen LogP contribution in [0.3, 0.4) is 0 Å². The van der Waals surface area contributed by atoms with Gasteiger partial charge in [0.25, 0.3) is 5.91 Å². The first-order valence-corrected chi connectivity index (χ1v) is 9.15. The molecule has 4 unspecified atom stereocenters. The summed E-state index contributed by atoms with van der Waals surface area (Å²) in [6.07, 6.45) is 3.33. The van der Waals surface area contributed by atoms with Crippen molar-refractivity contribution in [3.63, 3.8) is 0 Å². The summed E-state index contributed by atoms with van der Waals surface area (Å²) in [4.78, 5) is 25.0. The maximum atomic E-state index is 12.7. The fourth-order valence-electron chi connectivity index (χ4n) is 4.42. The molecule has 5 nitrogen and oxygen atoms in total. The molecule has 2 aliphatic rings. The molecule has 4 N–H and O–H groups in total. The van der Waals surface area contributed by atoms with Crippen molar-refractivity contribution in [3.05, 3.63) is 60.2 Å². The minimum absolute atomic E-state index is 0. The summed E-state index contributed by atoms with van der Waals surface area (Å²) >= 11 is 0. The minimum Gasteiger partial charge on any atom is -0.327 e. The Bertz CT molecular complexity index is 825. The molecule has 142 valence electrons. The largest absolute Gasteiger partial charge is 0.327 e. The topological polar surface area (TPSA) is 84.2 Å². The van der Waals surface area contributed by atoms with E-state index in [4.69, 9.17) is 5.73 Å². The Hall–Kier alpha value is -2.37. The van der Waals surface area contributed by atoms with E-state index >= 15 is 0 Å². The second-order valence-corrected chi connectivity index (χ2v) is 7.33. The minimum atomic E-state index is -0.177. The molecule has 27 heavy (non-hydrogen) atoms. The predicted octanol–water partition coefficient (Wildman–Crippen LogP) is 3.67. The summed E-state index contributed by atoms with van der Waals surface area (Å²) in [5.41, 5.74) is 8.18. The van der Waals surface area contributed by atoms with Gasteiger partial charge in [-0.05, 0) is 61.4 Å². The molecule has 4 atom stereocenters. The van der Waals surface area contributed by atoms with Gasteiger partial charge in [0.15, 0.2) is 0 Å². The molecule has 0 heterocycles. The first-order valence-electron chi connectivity index (χ1n) is 9.15. The van der Waals surface area contributed by atoms with Gasteiger partial charge in [0, 0.05) is 23.0 Å². The zero-order chi connectivity index (χ0) is 18.1. The van der Waals surface area contributed by atoms with Crippen LogP contribution in [-0.4, -0.2) is 17.9 Å². The van der Waals surface area contributed by atoms with Crippen LogP contribution >= 0.6 is 12.4 Å². The highest BCUT2D eigenvalue weighted by Crippen LogP contribution is 2.47. The Kier molecular flexibility index (Phi) is 5.82. The molecular weight excluding hydrogens is 362 g/mol. The number of amides is 2. The summed E-state index contributed by atoms with van der Waals surface area (Å²) in [5.74, 6) is 0.625. The lowest BCUT2D eigenvalue weighted by molar-refractivity contribution is -0.121. The number of carbonyl (C=O) groups excluding carboxylic acids is 2. The van der Waals surface area contributed by atoms with Crippen LogP contribution in [-0.2, 0) is 4.79 Å². The molecule has 2 saturated carbocycles. The monoisotopic (exact) mass is 385 g/mol. The highest BCUT2D eigenvalue weighted by molar-refractivity contribution is 6.04. The van der Waals surface area contributed by atoms with E-state index in [0.717, 1.165) is 19.3 Å². The van der Waals surface area contributed by atoms with Crippen molar-refractivity contribution in [1.29, 1.82) is 0 Å². The number of nitrogens with two attached hydrogens (primary N) is 1. The molecule has 0 spiro atoms. The number of hydrogen-bond donors (Lipinski definition) is 3. The molecule has 4 rings (SSSR count). The van der Waals surface area contributed by atoms with E-state index in [2.05, 4.69) is 10.6 Å². The van der Waals surface area contributed by atoms with Gasteiger partial charge in [0.1, 0.15) is 0 Å². The van der Waals surface area contributed by atoms with E-state index in [1.165, 1.54) is 0 Å². The van der Waals surface area contributed by atoms with Crippen LogP contribution in [0.15, 0.2) is 54.6 Å². The van der Waals surface area contributed by atoms with Gasteiger partial charge in [-0.25, -0.2) is 0 Å². The first-order chi connectivity index (χ1) is 12.6. The number of rotatable bonds is 4. The maximum absolute atomic E-state index is 12.7. The van der Waals surface area contributed by atoms with Crippen LogP contribution in [0.5, 0.6) is 0 Å². The van der Waals surface area contributed by atoms with E-state index in [0.29, 0.717) is 28.8 Å². The lowest BCUT2D eigenvalue weighted by Gasteiger charge is -2.27. The third-order valence-corrected chi connectivity index (χ3v) is 5.71. The van der Waals surface area contributed by atoms with Crippen LogP contribution < -0.4 is 16.4 Å². The Morgan fingerprint density at radius 2 is 1.56 bits per heavy atom. The Labute approximate surface area is 165 Å². The third-order valence-electron chi connectivity index (χ3n) is 5.71. The third kappa shape index (κ3) is 3.99. The summed E-state index contributed by atoms with van der Waals surface area (Å²) in [6, 6.07) is 16.2. The standard InChI is InChI=1S/C21H23N3O2.ClH/c22-19-15-10-9-14(11-15)18(19)21(26)24-17-8-4-7-16(12-17)23-20(25)13-5-2-1-3-6-13;/h1-8,12,14-15,18-19H,9-11,22H2,(H,23,25)(H,24,26);1H. The summed E-state index contributed by atoms with van der Waals surface area (Å²) in [7, 11) is 0. The number of fused-ring (bicyclic) bond motifs is 2. The summed E-state index contributed by atoms with van der Waals surface area (Å²) in [5, 5.41) is 5.84. The van der Waals surface area contributed by atoms with Crippen molar-refractivity contribution >= 4 is 35.6 Å². The molecule has 2 aromatic carbocycles. The molecule has 6 heteroatoms. The molecule has 0 aromatic heterocycles. The van der Waals surface area contributed by atoms with Crippen LogP contribution in [0.4, 0.5) is 11.4 Å². The number of nitrogens with one attached hydrogen (secondary N) is 2. The number of anilines is 2. The van der Waals surface area contributed by atoms with Crippen molar-refractivity contribution < 1.29 is 9.59 Å². The van der Waals surface area contributed by atoms with Gasteiger partial charge in [-0.1, -0.05) is 24.3 Å². The molecular formula is C21H24ClN3O2. The Morgan fingerprint density at radius 1 is 0.889 bits per heavy atom. The maximum Gasteiger partial charge on any atom is 0.255 e. The zero-order valence-corrected chi connectivity index (χ0v) is 15.7. The smallest absolute Gasteiger partial charge is 0.255 e. The molecule has 2 fully saturated rings. The normalized spacial score (nSPS) is 25.5. The van der Waals surface area contributed by atoms with Gasteiger partial charge < -0.3 is 16.4 Å². The van der Waals surface area contributed by atoms with Gasteiger partial charge in [-0.15, -0.1) is 12.4 Å². The SMILES string of the molecule is Cl.NC1C2CCC(C2)C1C(=O)Nc1cccc(NC(=O)c2ccccc2)c1. The van der Waals surface area contributed by atoms with E-state index in [-0.39, 0.29) is 36.2 Å². The fraction of sp³-hybridized carbons (Fsp3) is 0.333. The average Bonchev–Trinajstić information content (AvgIpc) is 3.24. The van der Waals surface area contributed by atoms with Gasteiger partial charge in [0.05, 0.1) is 5.92 Å².